The average molecular weight is 301 g/mol. The van der Waals surface area contributed by atoms with Gasteiger partial charge in [-0.25, -0.2) is 0 Å². The number of hydrogen-bond acceptors (Lipinski definition) is 3. The molecule has 0 aromatic heterocycles. The number of hydrogen-bond donors (Lipinski definition) is 2. The standard InChI is InChI=1S/C17H27N5/c1-12-8-15(10-20-21-17(18)19)14(3)16(9-12)11-22-7-5-4-6-13(22)2/h8-10,13H,4-7,11H2,1-3H3,(H4,18,19,21). The van der Waals surface area contributed by atoms with E-state index in [0.717, 1.165) is 12.1 Å². The van der Waals surface area contributed by atoms with E-state index in [2.05, 4.69) is 48.0 Å². The molecule has 1 saturated heterocycles. The highest BCUT2D eigenvalue weighted by Crippen LogP contribution is 2.22. The first-order valence-electron chi connectivity index (χ1n) is 7.93. The predicted molar refractivity (Wildman–Crippen MR) is 93.0 cm³/mol. The summed E-state index contributed by atoms with van der Waals surface area (Å²) in [6.45, 7) is 8.76. The first-order valence-corrected chi connectivity index (χ1v) is 7.93. The SMILES string of the molecule is Cc1cc(C=NN=C(N)N)c(C)c(CN2CCCCC2C)c1. The Bertz CT molecular complexity index is 573. The highest BCUT2D eigenvalue weighted by molar-refractivity contribution is 5.83. The molecule has 4 N–H and O–H groups in total. The molecule has 1 fully saturated rings. The summed E-state index contributed by atoms with van der Waals surface area (Å²) in [5.41, 5.74) is 15.5. The fourth-order valence-electron chi connectivity index (χ4n) is 3.03. The van der Waals surface area contributed by atoms with E-state index in [1.807, 2.05) is 0 Å². The lowest BCUT2D eigenvalue weighted by Gasteiger charge is -2.34. The van der Waals surface area contributed by atoms with Crippen molar-refractivity contribution < 1.29 is 0 Å². The van der Waals surface area contributed by atoms with Crippen LogP contribution in [0.2, 0.25) is 0 Å². The van der Waals surface area contributed by atoms with E-state index < -0.39 is 0 Å². The van der Waals surface area contributed by atoms with Gasteiger partial charge in [-0.2, -0.15) is 5.10 Å². The molecule has 0 amide bonds. The maximum atomic E-state index is 5.30. The van der Waals surface area contributed by atoms with Crippen molar-refractivity contribution in [3.8, 4) is 0 Å². The first-order chi connectivity index (χ1) is 10.5. The van der Waals surface area contributed by atoms with Gasteiger partial charge in [-0.15, -0.1) is 5.10 Å². The lowest BCUT2D eigenvalue weighted by Crippen LogP contribution is -2.37. The summed E-state index contributed by atoms with van der Waals surface area (Å²) in [5.74, 6) is -0.0241. The molecule has 1 heterocycles. The van der Waals surface area contributed by atoms with Crippen molar-refractivity contribution in [3.05, 3.63) is 34.4 Å². The molecule has 1 aliphatic rings. The molecule has 22 heavy (non-hydrogen) atoms. The summed E-state index contributed by atoms with van der Waals surface area (Å²) in [5, 5.41) is 7.62. The van der Waals surface area contributed by atoms with Gasteiger partial charge < -0.3 is 11.5 Å². The van der Waals surface area contributed by atoms with Crippen molar-refractivity contribution in [2.45, 2.75) is 52.6 Å². The second-order valence-electron chi connectivity index (χ2n) is 6.22. The lowest BCUT2D eigenvalue weighted by molar-refractivity contribution is 0.152. The number of rotatable bonds is 4. The van der Waals surface area contributed by atoms with Gasteiger partial charge in [0.25, 0.3) is 0 Å². The largest absolute Gasteiger partial charge is 0.369 e. The van der Waals surface area contributed by atoms with Crippen LogP contribution in [0, 0.1) is 13.8 Å². The zero-order valence-electron chi connectivity index (χ0n) is 13.8. The summed E-state index contributed by atoms with van der Waals surface area (Å²) in [7, 11) is 0. The second-order valence-corrected chi connectivity index (χ2v) is 6.22. The highest BCUT2D eigenvalue weighted by Gasteiger charge is 2.19. The molecule has 120 valence electrons. The third-order valence-electron chi connectivity index (χ3n) is 4.38. The Morgan fingerprint density at radius 2 is 2.09 bits per heavy atom. The van der Waals surface area contributed by atoms with Crippen LogP contribution in [0.25, 0.3) is 0 Å². The lowest BCUT2D eigenvalue weighted by atomic mass is 9.97. The molecule has 0 bridgehead atoms. The molecule has 0 aliphatic carbocycles. The van der Waals surface area contributed by atoms with Crippen LogP contribution < -0.4 is 11.5 Å². The second kappa shape index (κ2) is 7.40. The topological polar surface area (TPSA) is 80.0 Å². The van der Waals surface area contributed by atoms with Crippen LogP contribution >= 0.6 is 0 Å². The summed E-state index contributed by atoms with van der Waals surface area (Å²) in [6, 6.07) is 5.05. The molecule has 2 rings (SSSR count). The quantitative estimate of drug-likeness (QED) is 0.508. The molecule has 5 nitrogen and oxygen atoms in total. The van der Waals surface area contributed by atoms with Gasteiger partial charge in [0, 0.05) is 12.6 Å². The smallest absolute Gasteiger partial charge is 0.211 e. The Morgan fingerprint density at radius 3 is 2.77 bits per heavy atom. The van der Waals surface area contributed by atoms with Crippen LogP contribution in [0.15, 0.2) is 22.3 Å². The minimum atomic E-state index is -0.0241. The molecule has 1 aromatic rings. The van der Waals surface area contributed by atoms with Crippen molar-refractivity contribution in [1.82, 2.24) is 4.90 Å². The van der Waals surface area contributed by atoms with Gasteiger partial charge in [0.05, 0.1) is 6.21 Å². The van der Waals surface area contributed by atoms with Crippen molar-refractivity contribution in [2.75, 3.05) is 6.54 Å². The highest BCUT2D eigenvalue weighted by atomic mass is 15.3. The molecule has 0 spiro atoms. The zero-order chi connectivity index (χ0) is 16.1. The van der Waals surface area contributed by atoms with Crippen LogP contribution in [0.1, 0.15) is 48.4 Å². The van der Waals surface area contributed by atoms with Gasteiger partial charge in [0.15, 0.2) is 0 Å². The maximum absolute atomic E-state index is 5.30. The molecule has 1 aromatic carbocycles. The van der Waals surface area contributed by atoms with Crippen LogP contribution in [0.4, 0.5) is 0 Å². The summed E-state index contributed by atoms with van der Waals surface area (Å²) in [6.07, 6.45) is 5.67. The molecule has 5 heteroatoms. The normalized spacial score (nSPS) is 19.5. The molecule has 1 aliphatic heterocycles. The summed E-state index contributed by atoms with van der Waals surface area (Å²) < 4.78 is 0. The minimum absolute atomic E-state index is 0.0241. The fraction of sp³-hybridized carbons (Fsp3) is 0.529. The number of likely N-dealkylation sites (tertiary alicyclic amines) is 1. The first kappa shape index (κ1) is 16.5. The Labute approximate surface area is 133 Å². The predicted octanol–water partition coefficient (Wildman–Crippen LogP) is 2.29. The minimum Gasteiger partial charge on any atom is -0.369 e. The van der Waals surface area contributed by atoms with Gasteiger partial charge >= 0.3 is 0 Å². The molecule has 1 unspecified atom stereocenters. The fourth-order valence-corrected chi connectivity index (χ4v) is 3.03. The third-order valence-corrected chi connectivity index (χ3v) is 4.38. The number of guanidine groups is 1. The van der Waals surface area contributed by atoms with Crippen LogP contribution in [0.5, 0.6) is 0 Å². The van der Waals surface area contributed by atoms with E-state index in [0.29, 0.717) is 6.04 Å². The maximum Gasteiger partial charge on any atom is 0.211 e. The van der Waals surface area contributed by atoms with Crippen molar-refractivity contribution >= 4 is 12.2 Å². The third kappa shape index (κ3) is 4.31. The van der Waals surface area contributed by atoms with Gasteiger partial charge in [-0.1, -0.05) is 24.1 Å². The number of benzene rings is 1. The van der Waals surface area contributed by atoms with Gasteiger partial charge in [0.2, 0.25) is 5.96 Å². The van der Waals surface area contributed by atoms with E-state index in [1.54, 1.807) is 6.21 Å². The van der Waals surface area contributed by atoms with Gasteiger partial charge in [-0.05, 0) is 56.8 Å². The van der Waals surface area contributed by atoms with Crippen LogP contribution in [0.3, 0.4) is 0 Å². The molecular weight excluding hydrogens is 274 g/mol. The van der Waals surface area contributed by atoms with Crippen molar-refractivity contribution in [2.24, 2.45) is 21.7 Å². The van der Waals surface area contributed by atoms with Gasteiger partial charge in [0.1, 0.15) is 0 Å². The van der Waals surface area contributed by atoms with E-state index in [9.17, 15) is 0 Å². The van der Waals surface area contributed by atoms with E-state index in [4.69, 9.17) is 11.5 Å². The Morgan fingerprint density at radius 1 is 1.32 bits per heavy atom. The summed E-state index contributed by atoms with van der Waals surface area (Å²) in [4.78, 5) is 2.57. The van der Waals surface area contributed by atoms with Crippen LogP contribution in [-0.2, 0) is 6.54 Å². The van der Waals surface area contributed by atoms with E-state index >= 15 is 0 Å². The van der Waals surface area contributed by atoms with Crippen LogP contribution in [-0.4, -0.2) is 29.7 Å². The molecule has 0 saturated carbocycles. The van der Waals surface area contributed by atoms with E-state index in [1.165, 1.54) is 42.5 Å². The Kier molecular flexibility index (Phi) is 5.55. The monoisotopic (exact) mass is 301 g/mol. The van der Waals surface area contributed by atoms with E-state index in [-0.39, 0.29) is 5.96 Å². The zero-order valence-corrected chi connectivity index (χ0v) is 13.8. The Balaban J connectivity index is 2.22. The van der Waals surface area contributed by atoms with Crippen molar-refractivity contribution in [1.29, 1.82) is 0 Å². The Hall–Kier alpha value is -1.88. The average Bonchev–Trinajstić information content (AvgIpc) is 2.45. The molecule has 0 radical (unpaired) electrons. The van der Waals surface area contributed by atoms with Gasteiger partial charge in [-0.3, -0.25) is 4.90 Å². The van der Waals surface area contributed by atoms with Crippen molar-refractivity contribution in [3.63, 3.8) is 0 Å². The number of piperidine rings is 1. The molecule has 1 atom stereocenters. The number of nitrogens with two attached hydrogens (primary N) is 2. The number of aryl methyl sites for hydroxylation is 1. The summed E-state index contributed by atoms with van der Waals surface area (Å²) >= 11 is 0. The number of nitrogens with zero attached hydrogens (tertiary/aromatic N) is 3. The molecular formula is C17H27N5.